The van der Waals surface area contributed by atoms with Gasteiger partial charge >= 0.3 is 5.97 Å². The largest absolute Gasteiger partial charge is 0.477 e. The number of hydrogen-bond donors (Lipinski definition) is 1. The molecule has 1 aliphatic heterocycles. The molecular weight excluding hydrogens is 492 g/mol. The molecule has 1 N–H and O–H groups in total. The number of aromatic carboxylic acids is 1. The molecule has 0 saturated carbocycles. The molecule has 202 valence electrons. The summed E-state index contributed by atoms with van der Waals surface area (Å²) in [6.45, 7) is 2.74. The Kier molecular flexibility index (Phi) is 7.52. The smallest absolute Gasteiger partial charge is 0.352 e. The van der Waals surface area contributed by atoms with Gasteiger partial charge in [-0.25, -0.2) is 4.79 Å². The van der Waals surface area contributed by atoms with Crippen LogP contribution in [-0.2, 0) is 12.1 Å². The molecule has 40 heavy (non-hydrogen) atoms. The molecule has 0 radical (unpaired) electrons. The highest BCUT2D eigenvalue weighted by molar-refractivity contribution is 5.94. The van der Waals surface area contributed by atoms with E-state index >= 15 is 0 Å². The number of rotatable bonds is 9. The van der Waals surface area contributed by atoms with E-state index in [1.807, 2.05) is 28.8 Å². The lowest BCUT2D eigenvalue weighted by Gasteiger charge is -2.49. The van der Waals surface area contributed by atoms with Crippen molar-refractivity contribution in [2.75, 3.05) is 13.1 Å². The molecule has 4 aromatic carbocycles. The second-order valence-corrected chi connectivity index (χ2v) is 11.0. The number of likely N-dealkylation sites (tertiary alicyclic amines) is 1. The van der Waals surface area contributed by atoms with Crippen LogP contribution in [-0.4, -0.2) is 33.6 Å². The van der Waals surface area contributed by atoms with E-state index in [0.29, 0.717) is 18.2 Å². The minimum absolute atomic E-state index is 0.378. The second-order valence-electron chi connectivity index (χ2n) is 11.0. The molecule has 5 aromatic rings. The highest BCUT2D eigenvalue weighted by atomic mass is 16.4. The average Bonchev–Trinajstić information content (AvgIpc) is 3.39. The lowest BCUT2D eigenvalue weighted by molar-refractivity contribution is 0.0684. The van der Waals surface area contributed by atoms with E-state index in [0.717, 1.165) is 43.3 Å². The highest BCUT2D eigenvalue weighted by Crippen LogP contribution is 2.44. The number of carboxylic acid groups (broad SMARTS) is 1. The quantitative estimate of drug-likeness (QED) is 0.198. The van der Waals surface area contributed by atoms with Crippen molar-refractivity contribution in [3.8, 4) is 0 Å². The van der Waals surface area contributed by atoms with Crippen molar-refractivity contribution < 1.29 is 9.90 Å². The van der Waals surface area contributed by atoms with E-state index in [4.69, 9.17) is 0 Å². The number of para-hydroxylation sites is 1. The molecule has 6 rings (SSSR count). The number of carbonyl (C=O) groups is 1. The summed E-state index contributed by atoms with van der Waals surface area (Å²) < 4.78 is 1.99. The van der Waals surface area contributed by atoms with Crippen molar-refractivity contribution in [3.63, 3.8) is 0 Å². The lowest BCUT2D eigenvalue weighted by atomic mass is 9.74. The van der Waals surface area contributed by atoms with Crippen LogP contribution >= 0.6 is 0 Å². The number of benzene rings is 4. The van der Waals surface area contributed by atoms with Crippen LogP contribution in [0.25, 0.3) is 10.9 Å². The van der Waals surface area contributed by atoms with Crippen molar-refractivity contribution in [1.82, 2.24) is 9.47 Å². The summed E-state index contributed by atoms with van der Waals surface area (Å²) in [6.07, 6.45) is 4.36. The molecular formula is C36H36N2O2. The molecule has 4 nitrogen and oxygen atoms in total. The topological polar surface area (TPSA) is 45.5 Å². The highest BCUT2D eigenvalue weighted by Gasteiger charge is 2.43. The third-order valence-corrected chi connectivity index (χ3v) is 8.59. The summed E-state index contributed by atoms with van der Waals surface area (Å²) in [7, 11) is 0. The lowest BCUT2D eigenvalue weighted by Crippen LogP contribution is -2.52. The standard InChI is InChI=1S/C36H36N2O2/c39-35(40)34-26-29-16-10-11-23-33(29)38(34)25-13-15-28-14-12-24-37(27-28)36(30-17-4-1-5-18-30,31-19-6-2-7-20-31)32-21-8-3-9-22-32/h1-11,16-23,26,28H,12-15,24-25,27H2,(H,39,40). The summed E-state index contributed by atoms with van der Waals surface area (Å²) in [5.41, 5.74) is 4.87. The van der Waals surface area contributed by atoms with Crippen LogP contribution < -0.4 is 0 Å². The Bertz CT molecular complexity index is 1460. The first-order valence-electron chi connectivity index (χ1n) is 14.4. The van der Waals surface area contributed by atoms with Crippen molar-refractivity contribution in [1.29, 1.82) is 0 Å². The van der Waals surface area contributed by atoms with E-state index in [1.54, 1.807) is 6.07 Å². The zero-order valence-corrected chi connectivity index (χ0v) is 22.8. The third kappa shape index (κ3) is 4.84. The first-order valence-corrected chi connectivity index (χ1v) is 14.4. The van der Waals surface area contributed by atoms with Gasteiger partial charge in [-0.2, -0.15) is 0 Å². The summed E-state index contributed by atoms with van der Waals surface area (Å²) in [5, 5.41) is 10.8. The van der Waals surface area contributed by atoms with Gasteiger partial charge < -0.3 is 9.67 Å². The summed E-state index contributed by atoms with van der Waals surface area (Å²) in [5.74, 6) is -0.322. The Morgan fingerprint density at radius 1 is 0.775 bits per heavy atom. The van der Waals surface area contributed by atoms with E-state index in [9.17, 15) is 9.90 Å². The summed E-state index contributed by atoms with van der Waals surface area (Å²) >= 11 is 0. The Hall–Kier alpha value is -4.15. The molecule has 0 amide bonds. The van der Waals surface area contributed by atoms with E-state index in [2.05, 4.69) is 95.9 Å². The van der Waals surface area contributed by atoms with Crippen LogP contribution in [0, 0.1) is 5.92 Å². The van der Waals surface area contributed by atoms with Crippen molar-refractivity contribution in [3.05, 3.63) is 144 Å². The Labute approximate surface area is 236 Å². The number of hydrogen-bond acceptors (Lipinski definition) is 2. The maximum atomic E-state index is 12.0. The van der Waals surface area contributed by atoms with Crippen LogP contribution in [0.4, 0.5) is 0 Å². The van der Waals surface area contributed by atoms with Gasteiger partial charge in [-0.15, -0.1) is 0 Å². The number of piperidine rings is 1. The Balaban J connectivity index is 1.30. The first kappa shape index (κ1) is 26.1. The molecule has 2 heterocycles. The monoisotopic (exact) mass is 528 g/mol. The molecule has 1 aliphatic rings. The molecule has 0 bridgehead atoms. The molecule has 1 atom stereocenters. The van der Waals surface area contributed by atoms with Crippen LogP contribution in [0.1, 0.15) is 52.9 Å². The average molecular weight is 529 g/mol. The molecule has 0 aliphatic carbocycles. The Morgan fingerprint density at radius 2 is 1.32 bits per heavy atom. The fraction of sp³-hybridized carbons (Fsp3) is 0.250. The fourth-order valence-electron chi connectivity index (χ4n) is 6.86. The van der Waals surface area contributed by atoms with Gasteiger partial charge in [0.15, 0.2) is 0 Å². The number of aryl methyl sites for hydroxylation is 1. The van der Waals surface area contributed by atoms with Crippen molar-refractivity contribution >= 4 is 16.9 Å². The van der Waals surface area contributed by atoms with Crippen molar-refractivity contribution in [2.45, 2.75) is 37.8 Å². The normalized spacial score (nSPS) is 16.2. The summed E-state index contributed by atoms with van der Waals surface area (Å²) in [4.78, 5) is 14.7. The minimum atomic E-state index is -0.863. The number of nitrogens with zero attached hydrogens (tertiary/aromatic N) is 2. The first-order chi connectivity index (χ1) is 19.7. The van der Waals surface area contributed by atoms with E-state index in [1.165, 1.54) is 23.1 Å². The minimum Gasteiger partial charge on any atom is -0.477 e. The molecule has 1 fully saturated rings. The third-order valence-electron chi connectivity index (χ3n) is 8.59. The van der Waals surface area contributed by atoms with E-state index < -0.39 is 5.97 Å². The number of aromatic nitrogens is 1. The predicted molar refractivity (Wildman–Crippen MR) is 162 cm³/mol. The maximum Gasteiger partial charge on any atom is 0.352 e. The Morgan fingerprint density at radius 3 is 1.90 bits per heavy atom. The molecule has 4 heteroatoms. The number of carboxylic acids is 1. The zero-order valence-electron chi connectivity index (χ0n) is 22.8. The molecule has 0 spiro atoms. The molecule has 1 aromatic heterocycles. The fourth-order valence-corrected chi connectivity index (χ4v) is 6.86. The van der Waals surface area contributed by atoms with Crippen LogP contribution in [0.2, 0.25) is 0 Å². The van der Waals surface area contributed by atoms with Gasteiger partial charge in [0, 0.05) is 24.0 Å². The predicted octanol–water partition coefficient (Wildman–Crippen LogP) is 7.82. The second kappa shape index (κ2) is 11.5. The zero-order chi connectivity index (χ0) is 27.4. The van der Waals surface area contributed by atoms with Gasteiger partial charge in [0.1, 0.15) is 5.69 Å². The van der Waals surface area contributed by atoms with Gasteiger partial charge in [0.25, 0.3) is 0 Å². The number of fused-ring (bicyclic) bond motifs is 1. The summed E-state index contributed by atoms with van der Waals surface area (Å²) in [6, 6.07) is 42.6. The van der Waals surface area contributed by atoms with Gasteiger partial charge in [-0.05, 0) is 67.0 Å². The van der Waals surface area contributed by atoms with Gasteiger partial charge in [-0.3, -0.25) is 4.90 Å². The maximum absolute atomic E-state index is 12.0. The van der Waals surface area contributed by atoms with E-state index in [-0.39, 0.29) is 5.54 Å². The van der Waals surface area contributed by atoms with Gasteiger partial charge in [0.05, 0.1) is 5.54 Å². The van der Waals surface area contributed by atoms with Crippen molar-refractivity contribution in [2.24, 2.45) is 5.92 Å². The SMILES string of the molecule is O=C(O)c1cc2ccccc2n1CCCC1CCCN(C(c2ccccc2)(c2ccccc2)c2ccccc2)C1. The van der Waals surface area contributed by atoms with Crippen LogP contribution in [0.5, 0.6) is 0 Å². The van der Waals surface area contributed by atoms with Gasteiger partial charge in [0.2, 0.25) is 0 Å². The van der Waals surface area contributed by atoms with Gasteiger partial charge in [-0.1, -0.05) is 109 Å². The van der Waals surface area contributed by atoms with Crippen LogP contribution in [0.15, 0.2) is 121 Å². The van der Waals surface area contributed by atoms with Crippen LogP contribution in [0.3, 0.4) is 0 Å². The molecule has 1 saturated heterocycles. The molecule has 1 unspecified atom stereocenters.